The largest absolute Gasteiger partial charge is 0.497 e. The first kappa shape index (κ1) is 16.7. The van der Waals surface area contributed by atoms with Crippen LogP contribution < -0.4 is 9.64 Å². The number of hydrogen-bond acceptors (Lipinski definition) is 6. The van der Waals surface area contributed by atoms with Gasteiger partial charge in [0.25, 0.3) is 5.91 Å². The molecule has 8 nitrogen and oxygen atoms in total. The molecule has 0 spiro atoms. The summed E-state index contributed by atoms with van der Waals surface area (Å²) in [5, 5.41) is 9.15. The summed E-state index contributed by atoms with van der Waals surface area (Å²) in [5.74, 6) is -0.866. The van der Waals surface area contributed by atoms with Crippen LogP contribution in [0.15, 0.2) is 36.7 Å². The van der Waals surface area contributed by atoms with Gasteiger partial charge in [-0.15, -0.1) is 0 Å². The molecule has 1 aliphatic rings. The zero-order chi connectivity index (χ0) is 17.8. The molecule has 0 bridgehead atoms. The van der Waals surface area contributed by atoms with Crippen molar-refractivity contribution >= 4 is 17.6 Å². The number of amides is 1. The molecule has 130 valence electrons. The topological polar surface area (TPSA) is 95.9 Å². The number of aromatic nitrogens is 2. The van der Waals surface area contributed by atoms with Crippen LogP contribution >= 0.6 is 0 Å². The zero-order valence-electron chi connectivity index (χ0n) is 13.8. The molecule has 3 rings (SSSR count). The Hall–Kier alpha value is -3.16. The van der Waals surface area contributed by atoms with Gasteiger partial charge in [-0.2, -0.15) is 0 Å². The first-order chi connectivity index (χ1) is 12.1. The lowest BCUT2D eigenvalue weighted by Gasteiger charge is -2.36. The Bertz CT molecular complexity index is 770. The number of methoxy groups -OCH3 is 1. The first-order valence-electron chi connectivity index (χ1n) is 7.82. The zero-order valence-corrected chi connectivity index (χ0v) is 13.8. The lowest BCUT2D eigenvalue weighted by atomic mass is 10.2. The monoisotopic (exact) mass is 342 g/mol. The van der Waals surface area contributed by atoms with E-state index in [9.17, 15) is 9.59 Å². The highest BCUT2D eigenvalue weighted by atomic mass is 16.5. The number of carboxylic acids is 1. The standard InChI is InChI=1S/C17H18N4O4/c1-25-13-4-2-12(3-5-13)20-8-10-21(11-9-20)16(22)14-15(17(23)24)19-7-6-18-14/h2-7H,8-11H2,1H3,(H,23,24). The van der Waals surface area contributed by atoms with E-state index in [1.54, 1.807) is 12.0 Å². The Morgan fingerprint density at radius 3 is 2.16 bits per heavy atom. The van der Waals surface area contributed by atoms with Gasteiger partial charge in [-0.1, -0.05) is 0 Å². The molecule has 1 aliphatic heterocycles. The minimum Gasteiger partial charge on any atom is -0.497 e. The van der Waals surface area contributed by atoms with Crippen molar-refractivity contribution in [2.45, 2.75) is 0 Å². The van der Waals surface area contributed by atoms with E-state index in [2.05, 4.69) is 14.9 Å². The molecule has 0 unspecified atom stereocenters. The summed E-state index contributed by atoms with van der Waals surface area (Å²) in [4.78, 5) is 35.2. The molecule has 25 heavy (non-hydrogen) atoms. The van der Waals surface area contributed by atoms with Gasteiger partial charge >= 0.3 is 5.97 Å². The number of nitrogens with zero attached hydrogens (tertiary/aromatic N) is 4. The predicted octanol–water partition coefficient (Wildman–Crippen LogP) is 1.15. The Kier molecular flexibility index (Phi) is 4.78. The van der Waals surface area contributed by atoms with Crippen LogP contribution in [0.3, 0.4) is 0 Å². The molecule has 0 saturated carbocycles. The van der Waals surface area contributed by atoms with Crippen molar-refractivity contribution in [2.24, 2.45) is 0 Å². The average Bonchev–Trinajstić information content (AvgIpc) is 2.67. The maximum absolute atomic E-state index is 12.6. The van der Waals surface area contributed by atoms with E-state index in [1.807, 2.05) is 24.3 Å². The number of rotatable bonds is 4. The van der Waals surface area contributed by atoms with Crippen LogP contribution in [0.1, 0.15) is 21.0 Å². The number of aromatic carboxylic acids is 1. The van der Waals surface area contributed by atoms with Crippen LogP contribution in [-0.2, 0) is 0 Å². The van der Waals surface area contributed by atoms with Crippen LogP contribution in [0.2, 0.25) is 0 Å². The smallest absolute Gasteiger partial charge is 0.356 e. The van der Waals surface area contributed by atoms with Crippen LogP contribution in [0.25, 0.3) is 0 Å². The van der Waals surface area contributed by atoms with E-state index < -0.39 is 11.9 Å². The van der Waals surface area contributed by atoms with Crippen molar-refractivity contribution in [2.75, 3.05) is 38.2 Å². The lowest BCUT2D eigenvalue weighted by molar-refractivity contribution is 0.0663. The maximum atomic E-state index is 12.6. The van der Waals surface area contributed by atoms with Gasteiger partial charge in [0.15, 0.2) is 11.4 Å². The number of piperazine rings is 1. The van der Waals surface area contributed by atoms with Crippen LogP contribution in [-0.4, -0.2) is 65.1 Å². The number of carbonyl (C=O) groups is 2. The Morgan fingerprint density at radius 2 is 1.60 bits per heavy atom. The number of anilines is 1. The molecule has 1 fully saturated rings. The molecule has 1 N–H and O–H groups in total. The molecule has 0 aliphatic carbocycles. The van der Waals surface area contributed by atoms with Crippen molar-refractivity contribution in [3.63, 3.8) is 0 Å². The van der Waals surface area contributed by atoms with Gasteiger partial charge in [0, 0.05) is 44.3 Å². The Morgan fingerprint density at radius 1 is 1.00 bits per heavy atom. The number of ether oxygens (including phenoxy) is 1. The van der Waals surface area contributed by atoms with Gasteiger partial charge in [-0.25, -0.2) is 14.8 Å². The van der Waals surface area contributed by atoms with Crippen molar-refractivity contribution < 1.29 is 19.4 Å². The number of carboxylic acid groups (broad SMARTS) is 1. The third-order valence-electron chi connectivity index (χ3n) is 4.11. The van der Waals surface area contributed by atoms with Gasteiger partial charge in [0.05, 0.1) is 7.11 Å². The predicted molar refractivity (Wildman–Crippen MR) is 90.1 cm³/mol. The van der Waals surface area contributed by atoms with Crippen molar-refractivity contribution in [1.82, 2.24) is 14.9 Å². The summed E-state index contributed by atoms with van der Waals surface area (Å²) in [5.41, 5.74) is 0.622. The second-order valence-electron chi connectivity index (χ2n) is 5.54. The summed E-state index contributed by atoms with van der Waals surface area (Å²) in [6, 6.07) is 7.74. The molecule has 0 atom stereocenters. The fraction of sp³-hybridized carbons (Fsp3) is 0.294. The van der Waals surface area contributed by atoms with Gasteiger partial charge in [-0.3, -0.25) is 4.79 Å². The van der Waals surface area contributed by atoms with E-state index in [4.69, 9.17) is 9.84 Å². The highest BCUT2D eigenvalue weighted by Crippen LogP contribution is 2.21. The van der Waals surface area contributed by atoms with Gasteiger partial charge in [0.2, 0.25) is 0 Å². The maximum Gasteiger partial charge on any atom is 0.356 e. The van der Waals surface area contributed by atoms with E-state index in [0.29, 0.717) is 26.2 Å². The van der Waals surface area contributed by atoms with E-state index in [0.717, 1.165) is 11.4 Å². The van der Waals surface area contributed by atoms with E-state index in [1.165, 1.54) is 12.4 Å². The minimum absolute atomic E-state index is 0.118. The second-order valence-corrected chi connectivity index (χ2v) is 5.54. The molecule has 1 saturated heterocycles. The van der Waals surface area contributed by atoms with Crippen LogP contribution in [0.4, 0.5) is 5.69 Å². The number of hydrogen-bond donors (Lipinski definition) is 1. The molecule has 1 aromatic carbocycles. The molecular formula is C17H18N4O4. The van der Waals surface area contributed by atoms with Gasteiger partial charge in [-0.05, 0) is 24.3 Å². The summed E-state index contributed by atoms with van der Waals surface area (Å²) in [6.45, 7) is 2.28. The minimum atomic E-state index is -1.26. The first-order valence-corrected chi connectivity index (χ1v) is 7.82. The summed E-state index contributed by atoms with van der Waals surface area (Å²) in [7, 11) is 1.62. The molecule has 2 aromatic rings. The lowest BCUT2D eigenvalue weighted by Crippen LogP contribution is -2.49. The fourth-order valence-electron chi connectivity index (χ4n) is 2.76. The second kappa shape index (κ2) is 7.16. The van der Waals surface area contributed by atoms with Crippen molar-refractivity contribution in [3.8, 4) is 5.75 Å². The van der Waals surface area contributed by atoms with Crippen molar-refractivity contribution in [3.05, 3.63) is 48.0 Å². The van der Waals surface area contributed by atoms with Crippen LogP contribution in [0, 0.1) is 0 Å². The third-order valence-corrected chi connectivity index (χ3v) is 4.11. The van der Waals surface area contributed by atoms with E-state index in [-0.39, 0.29) is 11.4 Å². The van der Waals surface area contributed by atoms with E-state index >= 15 is 0 Å². The Labute approximate surface area is 144 Å². The molecule has 0 radical (unpaired) electrons. The third kappa shape index (κ3) is 3.52. The number of benzene rings is 1. The quantitative estimate of drug-likeness (QED) is 0.890. The average molecular weight is 342 g/mol. The summed E-state index contributed by atoms with van der Waals surface area (Å²) >= 11 is 0. The molecule has 1 amide bonds. The van der Waals surface area contributed by atoms with Crippen molar-refractivity contribution in [1.29, 1.82) is 0 Å². The fourth-order valence-corrected chi connectivity index (χ4v) is 2.76. The molecule has 2 heterocycles. The molecule has 8 heteroatoms. The SMILES string of the molecule is COc1ccc(N2CCN(C(=O)c3nccnc3C(=O)O)CC2)cc1. The Balaban J connectivity index is 1.67. The highest BCUT2D eigenvalue weighted by Gasteiger charge is 2.27. The van der Waals surface area contributed by atoms with Crippen LogP contribution in [0.5, 0.6) is 5.75 Å². The van der Waals surface area contributed by atoms with Gasteiger partial charge < -0.3 is 19.6 Å². The van der Waals surface area contributed by atoms with Gasteiger partial charge in [0.1, 0.15) is 5.75 Å². The highest BCUT2D eigenvalue weighted by molar-refractivity contribution is 6.02. The number of carbonyl (C=O) groups excluding carboxylic acids is 1. The summed E-state index contributed by atoms with van der Waals surface area (Å²) < 4.78 is 5.15. The molecular weight excluding hydrogens is 324 g/mol. The molecule has 1 aromatic heterocycles. The summed E-state index contributed by atoms with van der Waals surface area (Å²) in [6.07, 6.45) is 2.59. The normalized spacial score (nSPS) is 14.3.